The van der Waals surface area contributed by atoms with E-state index in [2.05, 4.69) is 12.6 Å². The standard InChI is InChI=1S/C19H20N2O2S/c1-14-6-2-3-7-15(14)18(22)20-10-12-21(13-11-20)19(23)16-8-4-5-9-17(16)24/h2-9,24H,10-13H2,1H3. The Bertz CT molecular complexity index is 702. The molecule has 0 radical (unpaired) electrons. The number of carbonyl (C=O) groups is 2. The summed E-state index contributed by atoms with van der Waals surface area (Å²) in [4.78, 5) is 29.5. The zero-order chi connectivity index (χ0) is 17.1. The first-order valence-corrected chi connectivity index (χ1v) is 8.45. The van der Waals surface area contributed by atoms with Gasteiger partial charge in [0.2, 0.25) is 0 Å². The number of thiol groups is 1. The van der Waals surface area contributed by atoms with Crippen LogP contribution in [0.2, 0.25) is 0 Å². The molecular weight excluding hydrogens is 320 g/mol. The Balaban J connectivity index is 1.66. The highest BCUT2D eigenvalue weighted by atomic mass is 32.1. The fraction of sp³-hybridized carbons (Fsp3) is 0.263. The van der Waals surface area contributed by atoms with Gasteiger partial charge in [0.25, 0.3) is 11.8 Å². The average molecular weight is 340 g/mol. The van der Waals surface area contributed by atoms with E-state index >= 15 is 0 Å². The molecule has 0 aliphatic carbocycles. The molecule has 24 heavy (non-hydrogen) atoms. The molecule has 0 saturated carbocycles. The van der Waals surface area contributed by atoms with Crippen molar-refractivity contribution in [2.24, 2.45) is 0 Å². The molecule has 0 aromatic heterocycles. The normalized spacial score (nSPS) is 14.6. The summed E-state index contributed by atoms with van der Waals surface area (Å²) in [6, 6.07) is 14.9. The predicted octanol–water partition coefficient (Wildman–Crippen LogP) is 2.88. The smallest absolute Gasteiger partial charge is 0.255 e. The number of rotatable bonds is 2. The maximum absolute atomic E-state index is 12.6. The van der Waals surface area contributed by atoms with Gasteiger partial charge in [-0.15, -0.1) is 12.6 Å². The van der Waals surface area contributed by atoms with Gasteiger partial charge < -0.3 is 9.80 Å². The van der Waals surface area contributed by atoms with Crippen molar-refractivity contribution in [3.8, 4) is 0 Å². The molecule has 0 N–H and O–H groups in total. The van der Waals surface area contributed by atoms with Crippen LogP contribution in [0.15, 0.2) is 53.4 Å². The van der Waals surface area contributed by atoms with Crippen molar-refractivity contribution in [3.05, 3.63) is 65.2 Å². The molecule has 0 atom stereocenters. The molecule has 0 bridgehead atoms. The number of benzene rings is 2. The van der Waals surface area contributed by atoms with E-state index in [-0.39, 0.29) is 11.8 Å². The Hall–Kier alpha value is -2.27. The second kappa shape index (κ2) is 7.09. The summed E-state index contributed by atoms with van der Waals surface area (Å²) in [6.07, 6.45) is 0. The van der Waals surface area contributed by atoms with Crippen molar-refractivity contribution in [3.63, 3.8) is 0 Å². The van der Waals surface area contributed by atoms with Crippen molar-refractivity contribution in [2.45, 2.75) is 11.8 Å². The highest BCUT2D eigenvalue weighted by Gasteiger charge is 2.26. The summed E-state index contributed by atoms with van der Waals surface area (Å²) in [5.41, 5.74) is 2.32. The van der Waals surface area contributed by atoms with E-state index in [9.17, 15) is 9.59 Å². The number of hydrogen-bond donors (Lipinski definition) is 1. The van der Waals surface area contributed by atoms with E-state index in [1.807, 2.05) is 54.3 Å². The van der Waals surface area contributed by atoms with Gasteiger partial charge in [-0.2, -0.15) is 0 Å². The van der Waals surface area contributed by atoms with Crippen molar-refractivity contribution in [1.29, 1.82) is 0 Å². The van der Waals surface area contributed by atoms with Gasteiger partial charge in [0, 0.05) is 36.6 Å². The number of aryl methyl sites for hydroxylation is 1. The lowest BCUT2D eigenvalue weighted by molar-refractivity contribution is 0.0533. The van der Waals surface area contributed by atoms with Crippen molar-refractivity contribution in [1.82, 2.24) is 9.80 Å². The van der Waals surface area contributed by atoms with Crippen molar-refractivity contribution < 1.29 is 9.59 Å². The van der Waals surface area contributed by atoms with E-state index in [1.54, 1.807) is 11.0 Å². The van der Waals surface area contributed by atoms with Crippen LogP contribution >= 0.6 is 12.6 Å². The Labute approximate surface area is 147 Å². The predicted molar refractivity (Wildman–Crippen MR) is 96.7 cm³/mol. The van der Waals surface area contributed by atoms with Gasteiger partial charge in [0.1, 0.15) is 0 Å². The first kappa shape index (κ1) is 16.6. The van der Waals surface area contributed by atoms with Crippen LogP contribution in [0.5, 0.6) is 0 Å². The number of hydrogen-bond acceptors (Lipinski definition) is 3. The summed E-state index contributed by atoms with van der Waals surface area (Å²) < 4.78 is 0. The lowest BCUT2D eigenvalue weighted by Gasteiger charge is -2.35. The third-order valence-electron chi connectivity index (χ3n) is 4.36. The third-order valence-corrected chi connectivity index (χ3v) is 4.75. The van der Waals surface area contributed by atoms with Crippen molar-refractivity contribution >= 4 is 24.4 Å². The first-order chi connectivity index (χ1) is 11.6. The minimum Gasteiger partial charge on any atom is -0.335 e. The highest BCUT2D eigenvalue weighted by Crippen LogP contribution is 2.18. The molecular formula is C19H20N2O2S. The molecule has 3 rings (SSSR count). The molecule has 2 aromatic rings. The molecule has 1 heterocycles. The second-order valence-electron chi connectivity index (χ2n) is 5.92. The number of nitrogens with zero attached hydrogens (tertiary/aromatic N) is 2. The summed E-state index contributed by atoms with van der Waals surface area (Å²) in [6.45, 7) is 4.12. The monoisotopic (exact) mass is 340 g/mol. The summed E-state index contributed by atoms with van der Waals surface area (Å²) >= 11 is 4.35. The topological polar surface area (TPSA) is 40.6 Å². The first-order valence-electron chi connectivity index (χ1n) is 8.00. The average Bonchev–Trinajstić information content (AvgIpc) is 2.61. The van der Waals surface area contributed by atoms with E-state index in [1.165, 1.54) is 0 Å². The largest absolute Gasteiger partial charge is 0.335 e. The Morgan fingerprint density at radius 2 is 1.25 bits per heavy atom. The SMILES string of the molecule is Cc1ccccc1C(=O)N1CCN(C(=O)c2ccccc2S)CC1. The zero-order valence-electron chi connectivity index (χ0n) is 13.6. The fourth-order valence-corrected chi connectivity index (χ4v) is 3.18. The van der Waals surface area contributed by atoms with Gasteiger partial charge in [-0.1, -0.05) is 30.3 Å². The minimum atomic E-state index is -0.0245. The van der Waals surface area contributed by atoms with Gasteiger partial charge in [0.05, 0.1) is 5.56 Å². The van der Waals surface area contributed by atoms with E-state index in [0.717, 1.165) is 11.1 Å². The zero-order valence-corrected chi connectivity index (χ0v) is 14.5. The van der Waals surface area contributed by atoms with Crippen LogP contribution in [0, 0.1) is 6.92 Å². The Morgan fingerprint density at radius 3 is 1.79 bits per heavy atom. The summed E-state index contributed by atoms with van der Waals surface area (Å²) in [5.74, 6) is 0.0124. The van der Waals surface area contributed by atoms with E-state index in [0.29, 0.717) is 36.6 Å². The second-order valence-corrected chi connectivity index (χ2v) is 6.40. The molecule has 4 nitrogen and oxygen atoms in total. The lowest BCUT2D eigenvalue weighted by atomic mass is 10.1. The Morgan fingerprint density at radius 1 is 0.792 bits per heavy atom. The van der Waals surface area contributed by atoms with Crippen LogP contribution in [-0.4, -0.2) is 47.8 Å². The van der Waals surface area contributed by atoms with Gasteiger partial charge in [-0.05, 0) is 30.7 Å². The van der Waals surface area contributed by atoms with Gasteiger partial charge in [0.15, 0.2) is 0 Å². The maximum Gasteiger partial charge on any atom is 0.255 e. The molecule has 1 saturated heterocycles. The van der Waals surface area contributed by atoms with E-state index in [4.69, 9.17) is 0 Å². The van der Waals surface area contributed by atoms with E-state index < -0.39 is 0 Å². The summed E-state index contributed by atoms with van der Waals surface area (Å²) in [5, 5.41) is 0. The van der Waals surface area contributed by atoms with Gasteiger partial charge in [-0.3, -0.25) is 9.59 Å². The number of amides is 2. The van der Waals surface area contributed by atoms with Crippen LogP contribution in [0.3, 0.4) is 0 Å². The van der Waals surface area contributed by atoms with Crippen LogP contribution in [-0.2, 0) is 0 Å². The number of carbonyl (C=O) groups excluding carboxylic acids is 2. The lowest BCUT2D eigenvalue weighted by Crippen LogP contribution is -2.50. The molecule has 0 unspecified atom stereocenters. The van der Waals surface area contributed by atoms with Crippen LogP contribution < -0.4 is 0 Å². The fourth-order valence-electron chi connectivity index (χ4n) is 2.92. The molecule has 5 heteroatoms. The minimum absolute atomic E-state index is 0.0245. The number of piperazine rings is 1. The molecule has 1 aliphatic rings. The molecule has 2 aromatic carbocycles. The quantitative estimate of drug-likeness (QED) is 0.854. The van der Waals surface area contributed by atoms with Crippen LogP contribution in [0.1, 0.15) is 26.3 Å². The third kappa shape index (κ3) is 3.31. The van der Waals surface area contributed by atoms with Crippen molar-refractivity contribution in [2.75, 3.05) is 26.2 Å². The van der Waals surface area contributed by atoms with Gasteiger partial charge >= 0.3 is 0 Å². The molecule has 0 spiro atoms. The summed E-state index contributed by atoms with van der Waals surface area (Å²) in [7, 11) is 0. The van der Waals surface area contributed by atoms with Gasteiger partial charge in [-0.25, -0.2) is 0 Å². The molecule has 124 valence electrons. The Kier molecular flexibility index (Phi) is 4.90. The molecule has 1 aliphatic heterocycles. The highest BCUT2D eigenvalue weighted by molar-refractivity contribution is 7.80. The van der Waals surface area contributed by atoms with Crippen LogP contribution in [0.25, 0.3) is 0 Å². The van der Waals surface area contributed by atoms with Crippen LogP contribution in [0.4, 0.5) is 0 Å². The maximum atomic E-state index is 12.6. The molecule has 1 fully saturated rings. The molecule has 2 amide bonds.